The molecule has 0 unspecified atom stereocenters. The summed E-state index contributed by atoms with van der Waals surface area (Å²) in [5.74, 6) is -2.50. The first-order chi connectivity index (χ1) is 16.1. The van der Waals surface area contributed by atoms with Crippen molar-refractivity contribution in [2.75, 3.05) is 0 Å². The summed E-state index contributed by atoms with van der Waals surface area (Å²) in [4.78, 5) is 29.0. The second-order valence-corrected chi connectivity index (χ2v) is 8.74. The van der Waals surface area contributed by atoms with Crippen LogP contribution in [-0.2, 0) is 24.3 Å². The van der Waals surface area contributed by atoms with Crippen molar-refractivity contribution >= 4 is 11.9 Å². The van der Waals surface area contributed by atoms with Crippen LogP contribution in [0.15, 0.2) is 42.5 Å². The minimum atomic E-state index is -1.36. The summed E-state index contributed by atoms with van der Waals surface area (Å²) in [5.41, 5.74) is 11.2. The Morgan fingerprint density at radius 3 is 2.35 bits per heavy atom. The van der Waals surface area contributed by atoms with Crippen LogP contribution in [0.5, 0.6) is 0 Å². The Labute approximate surface area is 198 Å². The molecule has 0 aliphatic heterocycles. The van der Waals surface area contributed by atoms with Gasteiger partial charge in [0.25, 0.3) is 0 Å². The Morgan fingerprint density at radius 1 is 1.12 bits per heavy atom. The predicted octanol–water partition coefficient (Wildman–Crippen LogP) is 5.22. The lowest BCUT2D eigenvalue weighted by Gasteiger charge is -2.20. The van der Waals surface area contributed by atoms with Crippen LogP contribution in [0.2, 0.25) is 0 Å². The standard InChI is InChI=1S/C27H29FN2O4/c1-15(2)11-23-21(13-29)25(19-8-5-16(3)6-9-19)24(17(4)30-23)27(33)34-14-18-7-10-20(26(31)32)22(28)12-18/h5-10,12,15H,11,13-14,29H2,1-4H3,(H,31,32). The molecule has 0 fully saturated rings. The fourth-order valence-electron chi connectivity index (χ4n) is 3.91. The Hall–Kier alpha value is -3.58. The molecule has 7 heteroatoms. The van der Waals surface area contributed by atoms with E-state index >= 15 is 0 Å². The van der Waals surface area contributed by atoms with E-state index in [4.69, 9.17) is 20.6 Å². The van der Waals surface area contributed by atoms with Gasteiger partial charge in [-0.2, -0.15) is 0 Å². The van der Waals surface area contributed by atoms with E-state index in [1.807, 2.05) is 31.2 Å². The topological polar surface area (TPSA) is 103 Å². The number of rotatable bonds is 8. The minimum absolute atomic E-state index is 0.209. The Balaban J connectivity index is 2.03. The zero-order valence-electron chi connectivity index (χ0n) is 19.8. The monoisotopic (exact) mass is 464 g/mol. The Bertz CT molecular complexity index is 1220. The molecular weight excluding hydrogens is 435 g/mol. The molecule has 0 saturated heterocycles. The highest BCUT2D eigenvalue weighted by molar-refractivity contribution is 5.99. The van der Waals surface area contributed by atoms with Gasteiger partial charge in [-0.05, 0) is 55.0 Å². The van der Waals surface area contributed by atoms with Gasteiger partial charge in [-0.3, -0.25) is 4.98 Å². The Kier molecular flexibility index (Phi) is 7.79. The molecule has 0 aliphatic rings. The number of aromatic nitrogens is 1. The van der Waals surface area contributed by atoms with Crippen LogP contribution in [0.3, 0.4) is 0 Å². The maximum absolute atomic E-state index is 14.0. The number of carboxylic acids is 1. The van der Waals surface area contributed by atoms with Crippen LogP contribution in [-0.4, -0.2) is 22.0 Å². The molecule has 3 rings (SSSR count). The third kappa shape index (κ3) is 5.48. The van der Waals surface area contributed by atoms with Crippen molar-refractivity contribution in [3.8, 4) is 11.1 Å². The number of carbonyl (C=O) groups is 2. The van der Waals surface area contributed by atoms with Gasteiger partial charge < -0.3 is 15.6 Å². The maximum atomic E-state index is 14.0. The fraction of sp³-hybridized carbons (Fsp3) is 0.296. The molecule has 0 spiro atoms. The predicted molar refractivity (Wildman–Crippen MR) is 128 cm³/mol. The molecule has 0 amide bonds. The minimum Gasteiger partial charge on any atom is -0.478 e. The van der Waals surface area contributed by atoms with Crippen LogP contribution in [0.4, 0.5) is 4.39 Å². The lowest BCUT2D eigenvalue weighted by molar-refractivity contribution is 0.0470. The van der Waals surface area contributed by atoms with E-state index in [0.717, 1.165) is 40.9 Å². The molecule has 0 saturated carbocycles. The van der Waals surface area contributed by atoms with Crippen LogP contribution < -0.4 is 5.73 Å². The first-order valence-electron chi connectivity index (χ1n) is 11.1. The number of benzene rings is 2. The second kappa shape index (κ2) is 10.6. The first-order valence-corrected chi connectivity index (χ1v) is 11.1. The molecule has 3 aromatic rings. The quantitative estimate of drug-likeness (QED) is 0.443. The molecule has 2 aromatic carbocycles. The summed E-state index contributed by atoms with van der Waals surface area (Å²) < 4.78 is 19.6. The van der Waals surface area contributed by atoms with Crippen LogP contribution in [0.25, 0.3) is 11.1 Å². The van der Waals surface area contributed by atoms with E-state index in [-0.39, 0.29) is 13.2 Å². The smallest absolute Gasteiger partial charge is 0.340 e. The SMILES string of the molecule is Cc1ccc(-c2c(CN)c(CC(C)C)nc(C)c2C(=O)OCc2ccc(C(=O)O)c(F)c2)cc1. The van der Waals surface area contributed by atoms with E-state index in [1.165, 1.54) is 6.07 Å². The molecular formula is C27H29FN2O4. The second-order valence-electron chi connectivity index (χ2n) is 8.74. The maximum Gasteiger partial charge on any atom is 0.340 e. The van der Waals surface area contributed by atoms with Crippen molar-refractivity contribution in [3.63, 3.8) is 0 Å². The molecule has 1 heterocycles. The number of nitrogens with two attached hydrogens (primary N) is 1. The van der Waals surface area contributed by atoms with E-state index in [9.17, 15) is 14.0 Å². The van der Waals surface area contributed by atoms with Gasteiger partial charge in [0.15, 0.2) is 0 Å². The van der Waals surface area contributed by atoms with Crippen LogP contribution in [0, 0.1) is 25.6 Å². The fourth-order valence-corrected chi connectivity index (χ4v) is 3.91. The van der Waals surface area contributed by atoms with Gasteiger partial charge in [-0.1, -0.05) is 49.7 Å². The van der Waals surface area contributed by atoms with Crippen LogP contribution in [0.1, 0.15) is 62.6 Å². The van der Waals surface area contributed by atoms with E-state index in [2.05, 4.69) is 13.8 Å². The number of carbonyl (C=O) groups excluding carboxylic acids is 1. The summed E-state index contributed by atoms with van der Waals surface area (Å²) in [7, 11) is 0. The highest BCUT2D eigenvalue weighted by Gasteiger charge is 2.25. The van der Waals surface area contributed by atoms with Crippen molar-refractivity contribution in [1.29, 1.82) is 0 Å². The normalized spacial score (nSPS) is 11.0. The number of ether oxygens (including phenoxy) is 1. The number of hydrogen-bond acceptors (Lipinski definition) is 5. The molecule has 0 bridgehead atoms. The molecule has 0 aliphatic carbocycles. The molecule has 34 heavy (non-hydrogen) atoms. The zero-order chi connectivity index (χ0) is 25.0. The summed E-state index contributed by atoms with van der Waals surface area (Å²) in [5, 5.41) is 8.99. The molecule has 178 valence electrons. The summed E-state index contributed by atoms with van der Waals surface area (Å²) >= 11 is 0. The third-order valence-electron chi connectivity index (χ3n) is 5.55. The average Bonchev–Trinajstić information content (AvgIpc) is 2.77. The number of nitrogens with zero attached hydrogens (tertiary/aromatic N) is 1. The third-order valence-corrected chi connectivity index (χ3v) is 5.55. The molecule has 0 radical (unpaired) electrons. The van der Waals surface area contributed by atoms with E-state index in [1.54, 1.807) is 6.92 Å². The highest BCUT2D eigenvalue weighted by atomic mass is 19.1. The van der Waals surface area contributed by atoms with Crippen molar-refractivity contribution in [3.05, 3.63) is 87.5 Å². The van der Waals surface area contributed by atoms with Crippen LogP contribution >= 0.6 is 0 Å². The van der Waals surface area contributed by atoms with Gasteiger partial charge >= 0.3 is 11.9 Å². The average molecular weight is 465 g/mol. The van der Waals surface area contributed by atoms with Gasteiger partial charge in [-0.15, -0.1) is 0 Å². The van der Waals surface area contributed by atoms with Crippen molar-refractivity contribution in [2.24, 2.45) is 11.7 Å². The van der Waals surface area contributed by atoms with Gasteiger partial charge in [0.2, 0.25) is 0 Å². The lowest BCUT2D eigenvalue weighted by Crippen LogP contribution is -2.17. The number of halogens is 1. The number of pyridine rings is 1. The molecule has 6 nitrogen and oxygen atoms in total. The van der Waals surface area contributed by atoms with Gasteiger partial charge in [0.05, 0.1) is 16.8 Å². The summed E-state index contributed by atoms with van der Waals surface area (Å²) in [6, 6.07) is 11.4. The van der Waals surface area contributed by atoms with Gasteiger partial charge in [-0.25, -0.2) is 14.0 Å². The largest absolute Gasteiger partial charge is 0.478 e. The van der Waals surface area contributed by atoms with Crippen molar-refractivity contribution in [2.45, 2.75) is 47.3 Å². The molecule has 3 N–H and O–H groups in total. The summed E-state index contributed by atoms with van der Waals surface area (Å²) in [6.07, 6.45) is 0.719. The van der Waals surface area contributed by atoms with Gasteiger partial charge in [0, 0.05) is 17.8 Å². The zero-order valence-corrected chi connectivity index (χ0v) is 19.8. The van der Waals surface area contributed by atoms with Crippen molar-refractivity contribution in [1.82, 2.24) is 4.98 Å². The number of hydrogen-bond donors (Lipinski definition) is 2. The number of carboxylic acid groups (broad SMARTS) is 1. The molecule has 1 aromatic heterocycles. The number of esters is 1. The number of aromatic carboxylic acids is 1. The van der Waals surface area contributed by atoms with Gasteiger partial charge in [0.1, 0.15) is 12.4 Å². The first kappa shape index (κ1) is 25.1. The lowest BCUT2D eigenvalue weighted by atomic mass is 9.90. The number of aryl methyl sites for hydroxylation is 2. The van der Waals surface area contributed by atoms with Crippen molar-refractivity contribution < 1.29 is 23.8 Å². The highest BCUT2D eigenvalue weighted by Crippen LogP contribution is 2.33. The Morgan fingerprint density at radius 2 is 1.79 bits per heavy atom. The summed E-state index contributed by atoms with van der Waals surface area (Å²) in [6.45, 7) is 7.94. The van der Waals surface area contributed by atoms with E-state index in [0.29, 0.717) is 28.3 Å². The van der Waals surface area contributed by atoms with E-state index < -0.39 is 23.3 Å². The molecule has 0 atom stereocenters.